The molecule has 0 aromatic carbocycles. The highest BCUT2D eigenvalue weighted by molar-refractivity contribution is 5.77. The van der Waals surface area contributed by atoms with Gasteiger partial charge in [0, 0.05) is 19.1 Å². The monoisotopic (exact) mass is 298 g/mol. The van der Waals surface area contributed by atoms with E-state index in [0.717, 1.165) is 32.1 Å². The Labute approximate surface area is 125 Å². The van der Waals surface area contributed by atoms with Crippen molar-refractivity contribution in [3.63, 3.8) is 0 Å². The van der Waals surface area contributed by atoms with Gasteiger partial charge in [0.1, 0.15) is 0 Å². The predicted octanol–water partition coefficient (Wildman–Crippen LogP) is 1.84. The van der Waals surface area contributed by atoms with Gasteiger partial charge < -0.3 is 20.1 Å². The number of morpholine rings is 1. The lowest BCUT2D eigenvalue weighted by atomic mass is 9.95. The number of carboxylic acids is 1. The molecule has 3 atom stereocenters. The van der Waals surface area contributed by atoms with E-state index in [4.69, 9.17) is 4.74 Å². The average Bonchev–Trinajstić information content (AvgIpc) is 2.72. The van der Waals surface area contributed by atoms with Crippen LogP contribution >= 0.6 is 0 Å². The van der Waals surface area contributed by atoms with Gasteiger partial charge in [-0.15, -0.1) is 0 Å². The van der Waals surface area contributed by atoms with E-state index in [0.29, 0.717) is 26.1 Å². The molecule has 1 heterocycles. The third-order valence-corrected chi connectivity index (χ3v) is 4.52. The molecule has 3 unspecified atom stereocenters. The summed E-state index contributed by atoms with van der Waals surface area (Å²) >= 11 is 0. The fourth-order valence-corrected chi connectivity index (χ4v) is 3.18. The summed E-state index contributed by atoms with van der Waals surface area (Å²) in [7, 11) is 0. The number of carbonyl (C=O) groups excluding carboxylic acids is 1. The van der Waals surface area contributed by atoms with E-state index in [1.807, 2.05) is 6.92 Å². The molecule has 0 aromatic rings. The van der Waals surface area contributed by atoms with Crippen molar-refractivity contribution in [3.8, 4) is 0 Å². The molecule has 2 amide bonds. The van der Waals surface area contributed by atoms with Crippen LogP contribution in [0, 0.1) is 5.92 Å². The second-order valence-corrected chi connectivity index (χ2v) is 5.99. The number of carboxylic acid groups (broad SMARTS) is 1. The van der Waals surface area contributed by atoms with Gasteiger partial charge in [0.15, 0.2) is 0 Å². The van der Waals surface area contributed by atoms with Crippen molar-refractivity contribution in [1.82, 2.24) is 10.2 Å². The van der Waals surface area contributed by atoms with Crippen molar-refractivity contribution in [1.29, 1.82) is 0 Å². The van der Waals surface area contributed by atoms with Crippen molar-refractivity contribution in [2.75, 3.05) is 19.7 Å². The van der Waals surface area contributed by atoms with Crippen LogP contribution in [0.4, 0.5) is 4.79 Å². The highest BCUT2D eigenvalue weighted by atomic mass is 16.5. The van der Waals surface area contributed by atoms with E-state index in [1.165, 1.54) is 0 Å². The van der Waals surface area contributed by atoms with Crippen molar-refractivity contribution in [2.24, 2.45) is 5.92 Å². The Morgan fingerprint density at radius 1 is 1.29 bits per heavy atom. The maximum atomic E-state index is 12.4. The standard InChI is InChI=1S/C15H26N2O4/c1-2-11-10-17(8-9-21-11)15(20)16-13-7-5-3-4-6-12(13)14(18)19/h11-13H,2-10H2,1H3,(H,16,20)(H,18,19). The molecule has 2 fully saturated rings. The number of nitrogens with one attached hydrogen (secondary N) is 1. The van der Waals surface area contributed by atoms with Crippen molar-refractivity contribution in [2.45, 2.75) is 57.6 Å². The lowest BCUT2D eigenvalue weighted by molar-refractivity contribution is -0.142. The maximum Gasteiger partial charge on any atom is 0.317 e. The predicted molar refractivity (Wildman–Crippen MR) is 78.1 cm³/mol. The minimum atomic E-state index is -0.796. The topological polar surface area (TPSA) is 78.9 Å². The van der Waals surface area contributed by atoms with Gasteiger partial charge in [0.05, 0.1) is 18.6 Å². The van der Waals surface area contributed by atoms with Crippen LogP contribution in [-0.4, -0.2) is 53.8 Å². The number of aliphatic carboxylic acids is 1. The highest BCUT2D eigenvalue weighted by Gasteiger charge is 2.32. The zero-order chi connectivity index (χ0) is 15.2. The molecule has 2 N–H and O–H groups in total. The second kappa shape index (κ2) is 7.64. The molecule has 1 aliphatic heterocycles. The van der Waals surface area contributed by atoms with Gasteiger partial charge in [0.2, 0.25) is 0 Å². The van der Waals surface area contributed by atoms with Gasteiger partial charge in [-0.3, -0.25) is 4.79 Å². The summed E-state index contributed by atoms with van der Waals surface area (Å²) in [5.74, 6) is -1.25. The quantitative estimate of drug-likeness (QED) is 0.779. The molecule has 0 aromatic heterocycles. The SMILES string of the molecule is CCC1CN(C(=O)NC2CCCCCC2C(=O)O)CCO1. The van der Waals surface area contributed by atoms with Crippen LogP contribution in [0.1, 0.15) is 45.4 Å². The number of ether oxygens (including phenoxy) is 1. The van der Waals surface area contributed by atoms with Crippen LogP contribution in [0.25, 0.3) is 0 Å². The first kappa shape index (κ1) is 16.1. The Balaban J connectivity index is 1.94. The van der Waals surface area contributed by atoms with Gasteiger partial charge in [-0.2, -0.15) is 0 Å². The van der Waals surface area contributed by atoms with Gasteiger partial charge in [0.25, 0.3) is 0 Å². The van der Waals surface area contributed by atoms with Crippen LogP contribution in [0.5, 0.6) is 0 Å². The zero-order valence-electron chi connectivity index (χ0n) is 12.7. The molecule has 21 heavy (non-hydrogen) atoms. The number of carbonyl (C=O) groups is 2. The van der Waals surface area contributed by atoms with Crippen molar-refractivity contribution >= 4 is 12.0 Å². The maximum absolute atomic E-state index is 12.4. The average molecular weight is 298 g/mol. The molecule has 6 nitrogen and oxygen atoms in total. The van der Waals surface area contributed by atoms with Gasteiger partial charge in [-0.05, 0) is 19.3 Å². The molecule has 1 saturated carbocycles. The molecule has 0 bridgehead atoms. The first-order valence-corrected chi connectivity index (χ1v) is 8.01. The Morgan fingerprint density at radius 3 is 2.76 bits per heavy atom. The smallest absolute Gasteiger partial charge is 0.317 e. The summed E-state index contributed by atoms with van der Waals surface area (Å²) in [5, 5.41) is 12.3. The normalized spacial score (nSPS) is 30.5. The van der Waals surface area contributed by atoms with Gasteiger partial charge >= 0.3 is 12.0 Å². The van der Waals surface area contributed by atoms with Crippen LogP contribution in [0.2, 0.25) is 0 Å². The first-order chi connectivity index (χ1) is 10.1. The van der Waals surface area contributed by atoms with Gasteiger partial charge in [-0.1, -0.05) is 26.2 Å². The summed E-state index contributed by atoms with van der Waals surface area (Å²) in [4.78, 5) is 25.5. The van der Waals surface area contributed by atoms with E-state index in [-0.39, 0.29) is 18.2 Å². The zero-order valence-corrected chi connectivity index (χ0v) is 12.7. The summed E-state index contributed by atoms with van der Waals surface area (Å²) in [6.07, 6.45) is 5.34. The van der Waals surface area contributed by atoms with E-state index < -0.39 is 11.9 Å². The Kier molecular flexibility index (Phi) is 5.85. The summed E-state index contributed by atoms with van der Waals surface area (Å²) < 4.78 is 5.56. The van der Waals surface area contributed by atoms with E-state index in [1.54, 1.807) is 4.90 Å². The molecule has 2 rings (SSSR count). The number of urea groups is 1. The third kappa shape index (κ3) is 4.33. The molecule has 1 saturated heterocycles. The van der Waals surface area contributed by atoms with Crippen molar-refractivity contribution < 1.29 is 19.4 Å². The first-order valence-electron chi connectivity index (χ1n) is 8.01. The lowest BCUT2D eigenvalue weighted by Crippen LogP contribution is -2.53. The number of rotatable bonds is 3. The Hall–Kier alpha value is -1.30. The second-order valence-electron chi connectivity index (χ2n) is 5.99. The largest absolute Gasteiger partial charge is 0.481 e. The molecule has 120 valence electrons. The number of nitrogens with zero attached hydrogens (tertiary/aromatic N) is 1. The van der Waals surface area contributed by atoms with Crippen LogP contribution in [0.15, 0.2) is 0 Å². The Morgan fingerprint density at radius 2 is 2.05 bits per heavy atom. The molecule has 0 radical (unpaired) electrons. The molecule has 1 aliphatic carbocycles. The van der Waals surface area contributed by atoms with Crippen LogP contribution < -0.4 is 5.32 Å². The molecule has 0 spiro atoms. The molecule has 2 aliphatic rings. The Bertz CT molecular complexity index is 375. The van der Waals surface area contributed by atoms with Gasteiger partial charge in [-0.25, -0.2) is 4.79 Å². The molecular weight excluding hydrogens is 272 g/mol. The van der Waals surface area contributed by atoms with E-state index in [9.17, 15) is 14.7 Å². The minimum absolute atomic E-state index is 0.0916. The molecule has 6 heteroatoms. The number of amides is 2. The highest BCUT2D eigenvalue weighted by Crippen LogP contribution is 2.24. The van der Waals surface area contributed by atoms with Crippen LogP contribution in [-0.2, 0) is 9.53 Å². The number of hydrogen-bond acceptors (Lipinski definition) is 3. The lowest BCUT2D eigenvalue weighted by Gasteiger charge is -2.34. The molecular formula is C15H26N2O4. The summed E-state index contributed by atoms with van der Waals surface area (Å²) in [5.41, 5.74) is 0. The summed E-state index contributed by atoms with van der Waals surface area (Å²) in [6, 6.07) is -0.393. The minimum Gasteiger partial charge on any atom is -0.481 e. The fraction of sp³-hybridized carbons (Fsp3) is 0.867. The number of hydrogen-bond donors (Lipinski definition) is 2. The van der Waals surface area contributed by atoms with Crippen molar-refractivity contribution in [3.05, 3.63) is 0 Å². The van der Waals surface area contributed by atoms with Crippen LogP contribution in [0.3, 0.4) is 0 Å². The fourth-order valence-electron chi connectivity index (χ4n) is 3.18. The third-order valence-electron chi connectivity index (χ3n) is 4.52. The van der Waals surface area contributed by atoms with E-state index in [2.05, 4.69) is 5.32 Å². The summed E-state index contributed by atoms with van der Waals surface area (Å²) in [6.45, 7) is 3.76. The van der Waals surface area contributed by atoms with E-state index >= 15 is 0 Å².